The molecule has 7 aromatic carbocycles. The maximum atomic E-state index is 6.43. The van der Waals surface area contributed by atoms with Gasteiger partial charge in [-0.2, -0.15) is 0 Å². The van der Waals surface area contributed by atoms with E-state index in [1.54, 1.807) is 0 Å². The molecule has 10 rings (SSSR count). The molecule has 0 unspecified atom stereocenters. The third-order valence-corrected chi connectivity index (χ3v) is 10.1. The number of oxazole rings is 1. The molecule has 4 nitrogen and oxygen atoms in total. The zero-order chi connectivity index (χ0) is 32.0. The smallest absolute Gasteiger partial charge is 0.228 e. The summed E-state index contributed by atoms with van der Waals surface area (Å²) in [6.07, 6.45) is 0. The third-order valence-electron chi connectivity index (χ3n) is 10.1. The van der Waals surface area contributed by atoms with Crippen molar-refractivity contribution in [3.8, 4) is 22.6 Å². The lowest BCUT2D eigenvalue weighted by Gasteiger charge is -2.28. The minimum Gasteiger partial charge on any atom is -0.456 e. The van der Waals surface area contributed by atoms with Crippen molar-refractivity contribution < 1.29 is 8.83 Å². The molecular formula is C44H30N2O2. The Hall–Kier alpha value is -6.13. The SMILES string of the molecule is CC1(C)c2ccccc2-c2ccc(N(c3ccc4ccccc4c3)c3ccc4oc5cccc(-c6nc7ccccc7o6)c5c4c3)cc21. The fourth-order valence-electron chi connectivity index (χ4n) is 7.71. The van der Waals surface area contributed by atoms with Crippen LogP contribution in [0, 0.1) is 0 Å². The number of benzene rings is 7. The molecule has 0 spiro atoms. The molecule has 9 aromatic rings. The minimum absolute atomic E-state index is 0.115. The first-order valence-electron chi connectivity index (χ1n) is 16.4. The summed E-state index contributed by atoms with van der Waals surface area (Å²) in [5.74, 6) is 0.585. The van der Waals surface area contributed by atoms with Crippen molar-refractivity contribution in [1.82, 2.24) is 4.98 Å². The van der Waals surface area contributed by atoms with Gasteiger partial charge in [0.15, 0.2) is 5.58 Å². The van der Waals surface area contributed by atoms with Gasteiger partial charge in [-0.15, -0.1) is 0 Å². The Labute approximate surface area is 277 Å². The van der Waals surface area contributed by atoms with Crippen LogP contribution in [0.1, 0.15) is 25.0 Å². The van der Waals surface area contributed by atoms with Crippen LogP contribution in [0.4, 0.5) is 17.1 Å². The first-order valence-corrected chi connectivity index (χ1v) is 16.4. The Kier molecular flexibility index (Phi) is 5.59. The second-order valence-corrected chi connectivity index (χ2v) is 13.2. The van der Waals surface area contributed by atoms with Gasteiger partial charge in [0.05, 0.1) is 0 Å². The summed E-state index contributed by atoms with van der Waals surface area (Å²) < 4.78 is 12.7. The van der Waals surface area contributed by atoms with Gasteiger partial charge in [-0.1, -0.05) is 92.7 Å². The topological polar surface area (TPSA) is 42.4 Å². The van der Waals surface area contributed by atoms with Crippen molar-refractivity contribution in [1.29, 1.82) is 0 Å². The van der Waals surface area contributed by atoms with Gasteiger partial charge in [0.1, 0.15) is 16.7 Å². The lowest BCUT2D eigenvalue weighted by atomic mass is 9.82. The summed E-state index contributed by atoms with van der Waals surface area (Å²) in [4.78, 5) is 7.21. The van der Waals surface area contributed by atoms with E-state index in [2.05, 4.69) is 128 Å². The predicted octanol–water partition coefficient (Wildman–Crippen LogP) is 12.3. The molecule has 2 aromatic heterocycles. The van der Waals surface area contributed by atoms with Crippen molar-refractivity contribution in [3.05, 3.63) is 157 Å². The van der Waals surface area contributed by atoms with Gasteiger partial charge in [0.2, 0.25) is 5.89 Å². The summed E-state index contributed by atoms with van der Waals surface area (Å²) in [5.41, 5.74) is 12.6. The summed E-state index contributed by atoms with van der Waals surface area (Å²) in [6, 6.07) is 51.4. The molecule has 0 amide bonds. The minimum atomic E-state index is -0.115. The molecule has 0 radical (unpaired) electrons. The van der Waals surface area contributed by atoms with E-state index < -0.39 is 0 Å². The van der Waals surface area contributed by atoms with Crippen molar-refractivity contribution in [2.24, 2.45) is 0 Å². The van der Waals surface area contributed by atoms with Gasteiger partial charge < -0.3 is 13.7 Å². The lowest BCUT2D eigenvalue weighted by Crippen LogP contribution is -2.16. The number of hydrogen-bond donors (Lipinski definition) is 0. The molecule has 0 atom stereocenters. The second-order valence-electron chi connectivity index (χ2n) is 13.2. The van der Waals surface area contributed by atoms with E-state index in [1.165, 1.54) is 33.0 Å². The van der Waals surface area contributed by atoms with E-state index in [0.717, 1.165) is 55.7 Å². The standard InChI is InChI=1S/C44H30N2O2/c1-44(2)36-14-6-5-12-32(36)33-22-20-31(26-37(33)44)46(29-19-18-27-10-3-4-11-28(27)24-29)30-21-23-39-35(25-30)42-34(13-9-17-41(42)47-39)43-45-38-15-7-8-16-40(38)48-43/h3-26H,1-2H3. The highest BCUT2D eigenvalue weighted by Gasteiger charge is 2.35. The highest BCUT2D eigenvalue weighted by Crippen LogP contribution is 2.51. The average Bonchev–Trinajstić information content (AvgIpc) is 3.79. The molecule has 0 saturated carbocycles. The maximum Gasteiger partial charge on any atom is 0.228 e. The van der Waals surface area contributed by atoms with Crippen LogP contribution in [-0.4, -0.2) is 4.98 Å². The first kappa shape index (κ1) is 27.0. The van der Waals surface area contributed by atoms with Crippen LogP contribution in [0.5, 0.6) is 0 Å². The van der Waals surface area contributed by atoms with Gasteiger partial charge >= 0.3 is 0 Å². The number of aromatic nitrogens is 1. The zero-order valence-electron chi connectivity index (χ0n) is 26.6. The highest BCUT2D eigenvalue weighted by molar-refractivity contribution is 6.13. The van der Waals surface area contributed by atoms with Crippen LogP contribution < -0.4 is 4.90 Å². The molecule has 1 aliphatic carbocycles. The van der Waals surface area contributed by atoms with E-state index in [4.69, 9.17) is 13.8 Å². The second kappa shape index (κ2) is 9.93. The number of nitrogens with zero attached hydrogens (tertiary/aromatic N) is 2. The van der Waals surface area contributed by atoms with Crippen molar-refractivity contribution in [2.45, 2.75) is 19.3 Å². The average molecular weight is 619 g/mol. The van der Waals surface area contributed by atoms with Gasteiger partial charge in [0, 0.05) is 38.8 Å². The molecule has 0 N–H and O–H groups in total. The normalized spacial score (nSPS) is 13.4. The Morgan fingerprint density at radius 2 is 1.19 bits per heavy atom. The fourth-order valence-corrected chi connectivity index (χ4v) is 7.71. The number of anilines is 3. The summed E-state index contributed by atoms with van der Waals surface area (Å²) >= 11 is 0. The maximum absolute atomic E-state index is 6.43. The van der Waals surface area contributed by atoms with Crippen LogP contribution in [0.15, 0.2) is 154 Å². The van der Waals surface area contributed by atoms with Crippen molar-refractivity contribution >= 4 is 60.9 Å². The highest BCUT2D eigenvalue weighted by atomic mass is 16.3. The number of para-hydroxylation sites is 2. The molecule has 0 saturated heterocycles. The van der Waals surface area contributed by atoms with E-state index in [1.807, 2.05) is 36.4 Å². The van der Waals surface area contributed by atoms with E-state index in [-0.39, 0.29) is 5.41 Å². The molecule has 228 valence electrons. The van der Waals surface area contributed by atoms with Crippen molar-refractivity contribution in [2.75, 3.05) is 4.90 Å². The molecule has 1 aliphatic rings. The summed E-state index contributed by atoms with van der Waals surface area (Å²) in [7, 11) is 0. The van der Waals surface area contributed by atoms with E-state index >= 15 is 0 Å². The Morgan fingerprint density at radius 3 is 2.10 bits per heavy atom. The summed E-state index contributed by atoms with van der Waals surface area (Å²) in [5, 5.41) is 4.41. The van der Waals surface area contributed by atoms with Crippen LogP contribution in [0.2, 0.25) is 0 Å². The zero-order valence-corrected chi connectivity index (χ0v) is 26.6. The van der Waals surface area contributed by atoms with Crippen LogP contribution in [-0.2, 0) is 5.41 Å². The molecule has 0 fully saturated rings. The number of rotatable bonds is 4. The fraction of sp³-hybridized carbons (Fsp3) is 0.0682. The molecule has 2 heterocycles. The van der Waals surface area contributed by atoms with E-state index in [9.17, 15) is 0 Å². The molecule has 0 bridgehead atoms. The van der Waals surface area contributed by atoms with Gasteiger partial charge in [-0.05, 0) is 99.8 Å². The largest absolute Gasteiger partial charge is 0.456 e. The van der Waals surface area contributed by atoms with Gasteiger partial charge in [-0.3, -0.25) is 0 Å². The molecular weight excluding hydrogens is 588 g/mol. The number of fused-ring (bicyclic) bond motifs is 8. The number of hydrogen-bond acceptors (Lipinski definition) is 4. The quantitative estimate of drug-likeness (QED) is 0.197. The van der Waals surface area contributed by atoms with E-state index in [0.29, 0.717) is 5.89 Å². The number of furan rings is 1. The molecule has 48 heavy (non-hydrogen) atoms. The van der Waals surface area contributed by atoms with Crippen LogP contribution in [0.25, 0.3) is 66.4 Å². The molecule has 0 aliphatic heterocycles. The summed E-state index contributed by atoms with van der Waals surface area (Å²) in [6.45, 7) is 4.66. The predicted molar refractivity (Wildman–Crippen MR) is 196 cm³/mol. The third kappa shape index (κ3) is 3.93. The Morgan fingerprint density at radius 1 is 0.500 bits per heavy atom. The lowest BCUT2D eigenvalue weighted by molar-refractivity contribution is 0.620. The van der Waals surface area contributed by atoms with Gasteiger partial charge in [-0.25, -0.2) is 4.98 Å². The van der Waals surface area contributed by atoms with Crippen LogP contribution >= 0.6 is 0 Å². The first-order chi connectivity index (χ1) is 23.5. The van der Waals surface area contributed by atoms with Crippen molar-refractivity contribution in [3.63, 3.8) is 0 Å². The Bertz CT molecular complexity index is 2700. The van der Waals surface area contributed by atoms with Gasteiger partial charge in [0.25, 0.3) is 0 Å². The molecule has 4 heteroatoms. The van der Waals surface area contributed by atoms with Crippen LogP contribution in [0.3, 0.4) is 0 Å². The Balaban J connectivity index is 1.20. The monoisotopic (exact) mass is 618 g/mol.